The third kappa shape index (κ3) is 10.8. The zero-order chi connectivity index (χ0) is 24.8. The molecule has 10 N–H and O–H groups in total. The average molecular weight is 477 g/mol. The van der Waals surface area contributed by atoms with Gasteiger partial charge in [0.1, 0.15) is 18.1 Å². The van der Waals surface area contributed by atoms with Crippen molar-refractivity contribution in [3.05, 3.63) is 0 Å². The largest absolute Gasteiger partial charge is 0.480 e. The van der Waals surface area contributed by atoms with Gasteiger partial charge in [-0.2, -0.15) is 12.6 Å². The van der Waals surface area contributed by atoms with Crippen LogP contribution in [0.4, 0.5) is 0 Å². The Morgan fingerprint density at radius 2 is 1.47 bits per heavy atom. The summed E-state index contributed by atoms with van der Waals surface area (Å²) in [6.07, 6.45) is 1.44. The molecule has 32 heavy (non-hydrogen) atoms. The monoisotopic (exact) mass is 476 g/mol. The minimum absolute atomic E-state index is 0.120. The summed E-state index contributed by atoms with van der Waals surface area (Å²) < 4.78 is 0. The van der Waals surface area contributed by atoms with Gasteiger partial charge in [-0.3, -0.25) is 19.2 Å². The van der Waals surface area contributed by atoms with E-state index in [0.717, 1.165) is 0 Å². The number of carbonyl (C=O) groups excluding carboxylic acids is 4. The van der Waals surface area contributed by atoms with E-state index in [2.05, 4.69) is 28.6 Å². The van der Waals surface area contributed by atoms with Crippen molar-refractivity contribution in [1.82, 2.24) is 16.0 Å². The van der Waals surface area contributed by atoms with Crippen molar-refractivity contribution in [1.29, 1.82) is 0 Å². The first-order valence-electron chi connectivity index (χ1n) is 10.5. The standard InChI is InChI=1S/C19H36N6O6S/c1-3-10(2)15(22)18(29)23-11(6-4-5-7-20)16(27)24-12(8-14(21)26)17(28)25-13(9-32)19(30)31/h10-13,15,32H,3-9,20,22H2,1-2H3,(H2,21,26)(H,23,29)(H,24,27)(H,25,28)(H,30,31). The van der Waals surface area contributed by atoms with Gasteiger partial charge in [0.25, 0.3) is 0 Å². The Morgan fingerprint density at radius 1 is 0.938 bits per heavy atom. The van der Waals surface area contributed by atoms with Crippen LogP contribution in [0.3, 0.4) is 0 Å². The highest BCUT2D eigenvalue weighted by Crippen LogP contribution is 2.08. The fourth-order valence-electron chi connectivity index (χ4n) is 2.68. The molecule has 0 aliphatic heterocycles. The molecule has 0 aliphatic rings. The van der Waals surface area contributed by atoms with Gasteiger partial charge >= 0.3 is 5.97 Å². The summed E-state index contributed by atoms with van der Waals surface area (Å²) in [5, 5.41) is 16.2. The fraction of sp³-hybridized carbons (Fsp3) is 0.737. The number of nitrogens with two attached hydrogens (primary N) is 3. The first-order valence-corrected chi connectivity index (χ1v) is 11.1. The van der Waals surface area contributed by atoms with E-state index in [1.165, 1.54) is 0 Å². The Balaban J connectivity index is 5.47. The number of unbranched alkanes of at least 4 members (excludes halogenated alkanes) is 1. The van der Waals surface area contributed by atoms with Crippen LogP contribution in [0.15, 0.2) is 0 Å². The lowest BCUT2D eigenvalue weighted by atomic mass is 9.98. The number of rotatable bonds is 16. The number of amides is 4. The van der Waals surface area contributed by atoms with Gasteiger partial charge in [-0.1, -0.05) is 20.3 Å². The van der Waals surface area contributed by atoms with Crippen molar-refractivity contribution in [3.8, 4) is 0 Å². The number of carboxylic acids is 1. The Bertz CT molecular complexity index is 664. The van der Waals surface area contributed by atoms with Crippen molar-refractivity contribution < 1.29 is 29.1 Å². The van der Waals surface area contributed by atoms with E-state index in [9.17, 15) is 24.0 Å². The van der Waals surface area contributed by atoms with Crippen LogP contribution in [0.5, 0.6) is 0 Å². The minimum atomic E-state index is -1.43. The molecule has 12 nitrogen and oxygen atoms in total. The maximum Gasteiger partial charge on any atom is 0.327 e. The molecule has 0 heterocycles. The summed E-state index contributed by atoms with van der Waals surface area (Å²) in [5.74, 6) is -4.71. The molecule has 0 aliphatic carbocycles. The summed E-state index contributed by atoms with van der Waals surface area (Å²) in [6, 6.07) is -4.63. The smallest absolute Gasteiger partial charge is 0.327 e. The highest BCUT2D eigenvalue weighted by atomic mass is 32.1. The predicted octanol–water partition coefficient (Wildman–Crippen LogP) is -2.17. The van der Waals surface area contributed by atoms with Crippen molar-refractivity contribution in [2.75, 3.05) is 12.3 Å². The predicted molar refractivity (Wildman–Crippen MR) is 121 cm³/mol. The van der Waals surface area contributed by atoms with E-state index >= 15 is 0 Å². The molecule has 0 aromatic carbocycles. The molecular weight excluding hydrogens is 440 g/mol. The molecule has 0 aromatic rings. The summed E-state index contributed by atoms with van der Waals surface area (Å²) in [7, 11) is 0. The molecule has 0 saturated heterocycles. The first-order chi connectivity index (χ1) is 15.0. The summed E-state index contributed by atoms with van der Waals surface area (Å²) in [6.45, 7) is 4.08. The van der Waals surface area contributed by atoms with E-state index in [4.69, 9.17) is 22.3 Å². The lowest BCUT2D eigenvalue weighted by molar-refractivity contribution is -0.141. The second-order valence-electron chi connectivity index (χ2n) is 7.57. The van der Waals surface area contributed by atoms with Crippen molar-refractivity contribution in [2.45, 2.75) is 70.1 Å². The number of hydrogen-bond donors (Lipinski definition) is 8. The van der Waals surface area contributed by atoms with Crippen molar-refractivity contribution in [2.24, 2.45) is 23.1 Å². The van der Waals surface area contributed by atoms with E-state index in [-0.39, 0.29) is 18.1 Å². The van der Waals surface area contributed by atoms with Crippen LogP contribution < -0.4 is 33.2 Å². The van der Waals surface area contributed by atoms with E-state index in [0.29, 0.717) is 25.8 Å². The number of thiol groups is 1. The van der Waals surface area contributed by atoms with Gasteiger partial charge < -0.3 is 38.3 Å². The van der Waals surface area contributed by atoms with Crippen LogP contribution in [0.1, 0.15) is 46.0 Å². The van der Waals surface area contributed by atoms with Crippen LogP contribution in [0, 0.1) is 5.92 Å². The van der Waals surface area contributed by atoms with Crippen molar-refractivity contribution in [3.63, 3.8) is 0 Å². The third-order valence-corrected chi connectivity index (χ3v) is 5.34. The van der Waals surface area contributed by atoms with Gasteiger partial charge in [0, 0.05) is 5.75 Å². The molecule has 0 fully saturated rings. The molecule has 184 valence electrons. The number of aliphatic carboxylic acids is 1. The van der Waals surface area contributed by atoms with Crippen molar-refractivity contribution >= 4 is 42.2 Å². The van der Waals surface area contributed by atoms with Crippen LogP contribution >= 0.6 is 12.6 Å². The normalized spacial score (nSPS) is 15.5. The average Bonchev–Trinajstić information content (AvgIpc) is 2.74. The van der Waals surface area contributed by atoms with Gasteiger partial charge in [0.05, 0.1) is 12.5 Å². The number of primary amides is 1. The number of hydrogen-bond acceptors (Lipinski definition) is 8. The molecule has 5 unspecified atom stereocenters. The lowest BCUT2D eigenvalue weighted by Crippen LogP contribution is -2.58. The molecule has 0 rings (SSSR count). The molecule has 13 heteroatoms. The zero-order valence-corrected chi connectivity index (χ0v) is 19.4. The van der Waals surface area contributed by atoms with Gasteiger partial charge in [0.2, 0.25) is 23.6 Å². The van der Waals surface area contributed by atoms with Gasteiger partial charge in [-0.25, -0.2) is 4.79 Å². The quantitative estimate of drug-likeness (QED) is 0.0902. The van der Waals surface area contributed by atoms with E-state index < -0.39 is 60.2 Å². The highest BCUT2D eigenvalue weighted by Gasteiger charge is 2.31. The summed E-state index contributed by atoms with van der Waals surface area (Å²) in [4.78, 5) is 60.4. The third-order valence-electron chi connectivity index (χ3n) is 4.98. The molecule has 4 amide bonds. The van der Waals surface area contributed by atoms with Crippen LogP contribution in [-0.4, -0.2) is 71.2 Å². The van der Waals surface area contributed by atoms with E-state index in [1.54, 1.807) is 6.92 Å². The molecule has 0 saturated carbocycles. The zero-order valence-electron chi connectivity index (χ0n) is 18.5. The molecule has 0 radical (unpaired) electrons. The Morgan fingerprint density at radius 3 is 1.94 bits per heavy atom. The Hall–Kier alpha value is -2.38. The van der Waals surface area contributed by atoms with Crippen LogP contribution in [0.25, 0.3) is 0 Å². The van der Waals surface area contributed by atoms with Gasteiger partial charge in [0.15, 0.2) is 0 Å². The Kier molecular flexibility index (Phi) is 14.3. The molecule has 0 spiro atoms. The molecule has 0 bridgehead atoms. The van der Waals surface area contributed by atoms with Crippen LogP contribution in [0.2, 0.25) is 0 Å². The molecule has 0 aromatic heterocycles. The minimum Gasteiger partial charge on any atom is -0.480 e. The topological polar surface area (TPSA) is 220 Å². The number of carboxylic acid groups (broad SMARTS) is 1. The van der Waals surface area contributed by atoms with Crippen LogP contribution in [-0.2, 0) is 24.0 Å². The lowest BCUT2D eigenvalue weighted by Gasteiger charge is -2.25. The first kappa shape index (κ1) is 29.6. The number of nitrogens with one attached hydrogen (secondary N) is 3. The molecule has 5 atom stereocenters. The second kappa shape index (κ2) is 15.4. The maximum atomic E-state index is 12.9. The second-order valence-corrected chi connectivity index (χ2v) is 7.94. The van der Waals surface area contributed by atoms with Gasteiger partial charge in [-0.05, 0) is 31.7 Å². The highest BCUT2D eigenvalue weighted by molar-refractivity contribution is 7.80. The summed E-state index contributed by atoms with van der Waals surface area (Å²) in [5.41, 5.74) is 16.6. The molecular formula is C19H36N6O6S. The maximum absolute atomic E-state index is 12.9. The number of carbonyl (C=O) groups is 5. The van der Waals surface area contributed by atoms with Gasteiger partial charge in [-0.15, -0.1) is 0 Å². The Labute approximate surface area is 193 Å². The SMILES string of the molecule is CCC(C)C(N)C(=O)NC(CCCCN)C(=O)NC(CC(N)=O)C(=O)NC(CS)C(=O)O. The summed E-state index contributed by atoms with van der Waals surface area (Å²) >= 11 is 3.86. The van der Waals surface area contributed by atoms with E-state index in [1.807, 2.05) is 6.92 Å². The fourth-order valence-corrected chi connectivity index (χ4v) is 2.93.